The number of nitriles is 1. The average molecular weight is 289 g/mol. The van der Waals surface area contributed by atoms with Crippen molar-refractivity contribution in [1.29, 1.82) is 5.26 Å². The lowest BCUT2D eigenvalue weighted by atomic mass is 10.2. The van der Waals surface area contributed by atoms with Crippen LogP contribution in [0.3, 0.4) is 0 Å². The van der Waals surface area contributed by atoms with Crippen LogP contribution in [0.4, 0.5) is 5.69 Å². The number of benzene rings is 1. The second-order valence-corrected chi connectivity index (χ2v) is 3.83. The van der Waals surface area contributed by atoms with E-state index >= 15 is 0 Å². The maximum atomic E-state index is 11.8. The van der Waals surface area contributed by atoms with Crippen LogP contribution in [0.1, 0.15) is 6.92 Å². The molecule has 110 valence electrons. The Morgan fingerprint density at radius 2 is 2.14 bits per heavy atom. The van der Waals surface area contributed by atoms with Crippen molar-refractivity contribution in [3.05, 3.63) is 36.0 Å². The van der Waals surface area contributed by atoms with Gasteiger partial charge in [-0.2, -0.15) is 5.26 Å². The predicted molar refractivity (Wildman–Crippen MR) is 75.1 cm³/mol. The maximum Gasteiger partial charge on any atom is 0.325 e. The second kappa shape index (κ2) is 8.22. The Balaban J connectivity index is 2.63. The fourth-order valence-corrected chi connectivity index (χ4v) is 1.37. The fraction of sp³-hybridized carbons (Fsp3) is 0.214. The molecular weight excluding hydrogens is 274 g/mol. The molecule has 7 heteroatoms. The van der Waals surface area contributed by atoms with Gasteiger partial charge in [0.2, 0.25) is 0 Å². The van der Waals surface area contributed by atoms with E-state index in [0.29, 0.717) is 0 Å². The molecule has 0 fully saturated rings. The summed E-state index contributed by atoms with van der Waals surface area (Å²) in [6.07, 6.45) is 1.12. The van der Waals surface area contributed by atoms with Crippen LogP contribution < -0.4 is 10.6 Å². The van der Waals surface area contributed by atoms with Crippen LogP contribution in [0, 0.1) is 11.3 Å². The molecule has 0 spiro atoms. The largest absolute Gasteiger partial charge is 0.506 e. The normalized spacial score (nSPS) is 10.4. The monoisotopic (exact) mass is 289 g/mol. The molecule has 0 radical (unpaired) electrons. The summed E-state index contributed by atoms with van der Waals surface area (Å²) in [7, 11) is 0. The van der Waals surface area contributed by atoms with Crippen molar-refractivity contribution in [2.24, 2.45) is 0 Å². The summed E-state index contributed by atoms with van der Waals surface area (Å²) in [4.78, 5) is 22.9. The van der Waals surface area contributed by atoms with Gasteiger partial charge in [0.15, 0.2) is 0 Å². The van der Waals surface area contributed by atoms with Gasteiger partial charge < -0.3 is 20.5 Å². The zero-order valence-corrected chi connectivity index (χ0v) is 11.4. The molecule has 0 aliphatic rings. The fourth-order valence-electron chi connectivity index (χ4n) is 1.37. The van der Waals surface area contributed by atoms with Crippen LogP contribution in [0.5, 0.6) is 5.75 Å². The Morgan fingerprint density at radius 3 is 2.76 bits per heavy atom. The van der Waals surface area contributed by atoms with Gasteiger partial charge in [0.1, 0.15) is 23.9 Å². The third-order valence-electron chi connectivity index (χ3n) is 2.32. The van der Waals surface area contributed by atoms with Crippen molar-refractivity contribution in [1.82, 2.24) is 5.32 Å². The van der Waals surface area contributed by atoms with Crippen LogP contribution >= 0.6 is 0 Å². The minimum absolute atomic E-state index is 0.109. The molecule has 21 heavy (non-hydrogen) atoms. The number of para-hydroxylation sites is 2. The van der Waals surface area contributed by atoms with E-state index in [0.717, 1.165) is 6.20 Å². The molecule has 0 aliphatic heterocycles. The highest BCUT2D eigenvalue weighted by Gasteiger charge is 2.11. The first-order chi connectivity index (χ1) is 10.1. The van der Waals surface area contributed by atoms with Gasteiger partial charge in [-0.05, 0) is 19.1 Å². The molecule has 1 aromatic rings. The summed E-state index contributed by atoms with van der Waals surface area (Å²) in [5, 5.41) is 23.4. The number of rotatable bonds is 6. The summed E-state index contributed by atoms with van der Waals surface area (Å²) < 4.78 is 4.68. The van der Waals surface area contributed by atoms with Crippen LogP contribution in [0.25, 0.3) is 0 Å². The van der Waals surface area contributed by atoms with Crippen molar-refractivity contribution < 1.29 is 19.4 Å². The first kappa shape index (κ1) is 16.0. The first-order valence-corrected chi connectivity index (χ1v) is 6.17. The number of ether oxygens (including phenoxy) is 1. The lowest BCUT2D eigenvalue weighted by Crippen LogP contribution is -2.22. The molecule has 0 saturated heterocycles. The molecule has 7 nitrogen and oxygen atoms in total. The SMILES string of the molecule is CCOC(=O)CN/C=C(/C#N)C(=O)Nc1ccccc1O. The van der Waals surface area contributed by atoms with E-state index in [-0.39, 0.29) is 30.2 Å². The Morgan fingerprint density at radius 1 is 1.43 bits per heavy atom. The van der Waals surface area contributed by atoms with E-state index in [1.807, 2.05) is 0 Å². The number of hydrogen-bond donors (Lipinski definition) is 3. The third-order valence-corrected chi connectivity index (χ3v) is 2.32. The number of hydrogen-bond acceptors (Lipinski definition) is 6. The number of carbonyl (C=O) groups excluding carboxylic acids is 2. The van der Waals surface area contributed by atoms with E-state index < -0.39 is 11.9 Å². The number of amides is 1. The molecule has 0 saturated carbocycles. The lowest BCUT2D eigenvalue weighted by Gasteiger charge is -2.06. The number of carbonyl (C=O) groups is 2. The summed E-state index contributed by atoms with van der Waals surface area (Å²) in [5.74, 6) is -1.30. The molecule has 0 aromatic heterocycles. The number of esters is 1. The van der Waals surface area contributed by atoms with Crippen molar-refractivity contribution >= 4 is 17.6 Å². The van der Waals surface area contributed by atoms with E-state index in [1.54, 1.807) is 25.1 Å². The number of nitrogens with one attached hydrogen (secondary N) is 2. The van der Waals surface area contributed by atoms with Gasteiger partial charge in [-0.15, -0.1) is 0 Å². The van der Waals surface area contributed by atoms with Crippen molar-refractivity contribution in [3.63, 3.8) is 0 Å². The molecule has 1 amide bonds. The Labute approximate surface area is 121 Å². The molecule has 0 heterocycles. The van der Waals surface area contributed by atoms with Crippen LogP contribution in [-0.2, 0) is 14.3 Å². The lowest BCUT2D eigenvalue weighted by molar-refractivity contribution is -0.141. The van der Waals surface area contributed by atoms with Gasteiger partial charge in [0, 0.05) is 6.20 Å². The molecular formula is C14H15N3O4. The highest BCUT2D eigenvalue weighted by atomic mass is 16.5. The molecule has 0 bridgehead atoms. The zero-order valence-electron chi connectivity index (χ0n) is 11.4. The van der Waals surface area contributed by atoms with Gasteiger partial charge in [0.25, 0.3) is 5.91 Å². The zero-order chi connectivity index (χ0) is 15.7. The predicted octanol–water partition coefficient (Wildman–Crippen LogP) is 0.891. The van der Waals surface area contributed by atoms with Crippen LogP contribution in [0.15, 0.2) is 36.0 Å². The maximum absolute atomic E-state index is 11.8. The van der Waals surface area contributed by atoms with Gasteiger partial charge in [0.05, 0.1) is 12.3 Å². The smallest absolute Gasteiger partial charge is 0.325 e. The molecule has 1 aromatic carbocycles. The minimum Gasteiger partial charge on any atom is -0.506 e. The summed E-state index contributed by atoms with van der Waals surface area (Å²) in [6.45, 7) is 1.78. The topological polar surface area (TPSA) is 111 Å². The first-order valence-electron chi connectivity index (χ1n) is 6.17. The number of phenols is 1. The van der Waals surface area contributed by atoms with E-state index in [1.165, 1.54) is 12.1 Å². The van der Waals surface area contributed by atoms with Gasteiger partial charge in [-0.3, -0.25) is 9.59 Å². The molecule has 0 atom stereocenters. The highest BCUT2D eigenvalue weighted by Crippen LogP contribution is 2.21. The Bertz CT molecular complexity index is 590. The highest BCUT2D eigenvalue weighted by molar-refractivity contribution is 6.07. The van der Waals surface area contributed by atoms with E-state index in [2.05, 4.69) is 15.4 Å². The average Bonchev–Trinajstić information content (AvgIpc) is 2.46. The van der Waals surface area contributed by atoms with Crippen LogP contribution in [-0.4, -0.2) is 30.1 Å². The van der Waals surface area contributed by atoms with E-state index in [9.17, 15) is 14.7 Å². The van der Waals surface area contributed by atoms with Crippen LogP contribution in [0.2, 0.25) is 0 Å². The van der Waals surface area contributed by atoms with Gasteiger partial charge in [-0.1, -0.05) is 12.1 Å². The van der Waals surface area contributed by atoms with Gasteiger partial charge in [-0.25, -0.2) is 0 Å². The minimum atomic E-state index is -0.699. The Kier molecular flexibility index (Phi) is 6.28. The summed E-state index contributed by atoms with van der Waals surface area (Å²) >= 11 is 0. The molecule has 0 aliphatic carbocycles. The molecule has 3 N–H and O–H groups in total. The molecule has 1 rings (SSSR count). The third kappa shape index (κ3) is 5.24. The Hall–Kier alpha value is -3.01. The molecule has 0 unspecified atom stereocenters. The second-order valence-electron chi connectivity index (χ2n) is 3.83. The standard InChI is InChI=1S/C14H15N3O4/c1-2-21-13(19)9-16-8-10(7-15)14(20)17-11-5-3-4-6-12(11)18/h3-6,8,16,18H,2,9H2,1H3,(H,17,20)/b10-8-. The van der Waals surface area contributed by atoms with Crippen molar-refractivity contribution in [2.45, 2.75) is 6.92 Å². The quantitative estimate of drug-likeness (QED) is 0.310. The number of anilines is 1. The number of nitrogens with zero attached hydrogens (tertiary/aromatic N) is 1. The number of aromatic hydroxyl groups is 1. The van der Waals surface area contributed by atoms with Crippen molar-refractivity contribution in [2.75, 3.05) is 18.5 Å². The summed E-state index contributed by atoms with van der Waals surface area (Å²) in [6, 6.07) is 7.83. The van der Waals surface area contributed by atoms with E-state index in [4.69, 9.17) is 5.26 Å². The number of phenolic OH excluding ortho intramolecular Hbond substituents is 1. The summed E-state index contributed by atoms with van der Waals surface area (Å²) in [5.41, 5.74) is -0.0448. The van der Waals surface area contributed by atoms with Crippen molar-refractivity contribution in [3.8, 4) is 11.8 Å². The van der Waals surface area contributed by atoms with Gasteiger partial charge >= 0.3 is 5.97 Å².